The van der Waals surface area contributed by atoms with Gasteiger partial charge in [0.05, 0.1) is 21.3 Å². The minimum absolute atomic E-state index is 0.0368. The summed E-state index contributed by atoms with van der Waals surface area (Å²) in [7, 11) is 0. The Morgan fingerprint density at radius 3 is 2.57 bits per heavy atom. The summed E-state index contributed by atoms with van der Waals surface area (Å²) in [6.07, 6.45) is -2.59. The molecule has 1 aromatic carbocycles. The van der Waals surface area contributed by atoms with Crippen LogP contribution in [0, 0.1) is 0 Å². The van der Waals surface area contributed by atoms with Crippen LogP contribution in [-0.4, -0.2) is 16.3 Å². The molecule has 122 valence electrons. The van der Waals surface area contributed by atoms with E-state index in [2.05, 4.69) is 47.4 Å². The molecular weight excluding hydrogens is 466 g/mol. The maximum absolute atomic E-state index is 12.5. The van der Waals surface area contributed by atoms with Crippen LogP contribution in [0.15, 0.2) is 38.4 Å². The Labute approximate surface area is 150 Å². The van der Waals surface area contributed by atoms with Crippen molar-refractivity contribution in [3.63, 3.8) is 0 Å². The number of phenols is 1. The molecule has 0 radical (unpaired) electrons. The van der Waals surface area contributed by atoms with Crippen molar-refractivity contribution in [1.82, 2.24) is 4.98 Å². The second-order valence-electron chi connectivity index (χ2n) is 4.25. The van der Waals surface area contributed by atoms with Gasteiger partial charge in [0.2, 0.25) is 0 Å². The number of halogens is 6. The van der Waals surface area contributed by atoms with Crippen LogP contribution in [0.1, 0.15) is 11.1 Å². The smallest absolute Gasteiger partial charge is 0.417 e. The van der Waals surface area contributed by atoms with E-state index in [9.17, 15) is 18.3 Å². The van der Waals surface area contributed by atoms with Crippen LogP contribution >= 0.6 is 43.5 Å². The summed E-state index contributed by atoms with van der Waals surface area (Å²) in [4.78, 5) is 3.58. The molecule has 0 unspecified atom stereocenters. The fraction of sp³-hybridized carbons (Fsp3) is 0.0769. The number of pyridine rings is 1. The number of alkyl halides is 3. The first-order chi connectivity index (χ1) is 10.7. The fourth-order valence-corrected chi connectivity index (χ4v) is 2.99. The SMILES string of the molecule is Oc1c(Br)cc(Br)cc1/C=N\Nc1ncc(C(F)(F)F)cc1Cl. The van der Waals surface area contributed by atoms with E-state index in [1.807, 2.05) is 0 Å². The molecule has 0 aliphatic rings. The lowest BCUT2D eigenvalue weighted by atomic mass is 10.2. The zero-order valence-corrected chi connectivity index (χ0v) is 14.9. The minimum Gasteiger partial charge on any atom is -0.506 e. The Balaban J connectivity index is 2.18. The highest BCUT2D eigenvalue weighted by Gasteiger charge is 2.31. The molecule has 23 heavy (non-hydrogen) atoms. The van der Waals surface area contributed by atoms with Gasteiger partial charge in [0, 0.05) is 16.2 Å². The van der Waals surface area contributed by atoms with Gasteiger partial charge >= 0.3 is 6.18 Å². The number of nitrogens with one attached hydrogen (secondary N) is 1. The molecule has 0 amide bonds. The van der Waals surface area contributed by atoms with Crippen LogP contribution in [0.4, 0.5) is 19.0 Å². The molecule has 0 atom stereocenters. The lowest BCUT2D eigenvalue weighted by molar-refractivity contribution is -0.137. The third kappa shape index (κ3) is 4.58. The molecule has 10 heteroatoms. The molecular formula is C13H7Br2ClF3N3O. The topological polar surface area (TPSA) is 57.5 Å². The molecule has 0 bridgehead atoms. The number of aromatic nitrogens is 1. The molecule has 2 N–H and O–H groups in total. The quantitative estimate of drug-likeness (QED) is 0.462. The van der Waals surface area contributed by atoms with Crippen LogP contribution in [0.5, 0.6) is 5.75 Å². The van der Waals surface area contributed by atoms with Gasteiger partial charge in [-0.1, -0.05) is 27.5 Å². The number of aromatic hydroxyl groups is 1. The Hall–Kier alpha value is -1.32. The molecule has 0 aliphatic heterocycles. The van der Waals surface area contributed by atoms with Crippen LogP contribution in [0.3, 0.4) is 0 Å². The van der Waals surface area contributed by atoms with Crippen LogP contribution in [-0.2, 0) is 6.18 Å². The van der Waals surface area contributed by atoms with Gasteiger partial charge in [-0.15, -0.1) is 0 Å². The van der Waals surface area contributed by atoms with Crippen molar-refractivity contribution in [2.24, 2.45) is 5.10 Å². The van der Waals surface area contributed by atoms with Crippen molar-refractivity contribution in [2.45, 2.75) is 6.18 Å². The lowest BCUT2D eigenvalue weighted by Crippen LogP contribution is -2.06. The molecule has 0 fully saturated rings. The summed E-state index contributed by atoms with van der Waals surface area (Å²) in [6.45, 7) is 0. The average molecular weight is 473 g/mol. The van der Waals surface area contributed by atoms with E-state index < -0.39 is 11.7 Å². The largest absolute Gasteiger partial charge is 0.506 e. The molecule has 1 aromatic heterocycles. The van der Waals surface area contributed by atoms with E-state index >= 15 is 0 Å². The van der Waals surface area contributed by atoms with Crippen molar-refractivity contribution in [3.8, 4) is 5.75 Å². The van der Waals surface area contributed by atoms with E-state index in [4.69, 9.17) is 11.6 Å². The highest BCUT2D eigenvalue weighted by Crippen LogP contribution is 2.33. The van der Waals surface area contributed by atoms with Gasteiger partial charge in [0.1, 0.15) is 5.75 Å². The van der Waals surface area contributed by atoms with E-state index in [1.165, 1.54) is 6.21 Å². The van der Waals surface area contributed by atoms with Gasteiger partial charge in [-0.05, 0) is 34.1 Å². The van der Waals surface area contributed by atoms with Crippen molar-refractivity contribution in [1.29, 1.82) is 0 Å². The number of hydrogen-bond donors (Lipinski definition) is 2. The number of benzene rings is 1. The maximum Gasteiger partial charge on any atom is 0.417 e. The summed E-state index contributed by atoms with van der Waals surface area (Å²) >= 11 is 12.2. The Morgan fingerprint density at radius 2 is 1.96 bits per heavy atom. The van der Waals surface area contributed by atoms with Crippen molar-refractivity contribution in [3.05, 3.63) is 49.5 Å². The third-order valence-electron chi connectivity index (χ3n) is 2.60. The first kappa shape index (κ1) is 18.0. The molecule has 0 aliphatic carbocycles. The van der Waals surface area contributed by atoms with E-state index in [0.717, 1.165) is 6.07 Å². The van der Waals surface area contributed by atoms with E-state index in [-0.39, 0.29) is 16.6 Å². The first-order valence-corrected chi connectivity index (χ1v) is 7.84. The normalized spacial score (nSPS) is 11.9. The summed E-state index contributed by atoms with van der Waals surface area (Å²) in [5.41, 5.74) is 1.85. The molecule has 2 aromatic rings. The zero-order valence-electron chi connectivity index (χ0n) is 11.0. The van der Waals surface area contributed by atoms with Gasteiger partial charge < -0.3 is 5.11 Å². The van der Waals surface area contributed by atoms with Crippen LogP contribution in [0.2, 0.25) is 5.02 Å². The van der Waals surface area contributed by atoms with E-state index in [0.29, 0.717) is 20.7 Å². The van der Waals surface area contributed by atoms with Gasteiger partial charge in [0.25, 0.3) is 0 Å². The zero-order chi connectivity index (χ0) is 17.2. The summed E-state index contributed by atoms with van der Waals surface area (Å²) < 4.78 is 38.7. The number of anilines is 1. The highest BCUT2D eigenvalue weighted by atomic mass is 79.9. The second kappa shape index (κ2) is 7.06. The first-order valence-electron chi connectivity index (χ1n) is 5.88. The summed E-state index contributed by atoms with van der Waals surface area (Å²) in [5.74, 6) is -0.0744. The number of hydrazone groups is 1. The molecule has 0 spiro atoms. The molecule has 0 saturated carbocycles. The number of rotatable bonds is 3. The van der Waals surface area contributed by atoms with Gasteiger partial charge in [0.15, 0.2) is 5.82 Å². The number of phenolic OH excluding ortho intramolecular Hbond substituents is 1. The van der Waals surface area contributed by atoms with Crippen molar-refractivity contribution >= 4 is 55.5 Å². The van der Waals surface area contributed by atoms with Crippen LogP contribution in [0.25, 0.3) is 0 Å². The van der Waals surface area contributed by atoms with Gasteiger partial charge in [-0.3, -0.25) is 5.43 Å². The number of hydrogen-bond acceptors (Lipinski definition) is 4. The Bertz CT molecular complexity index is 769. The molecule has 0 saturated heterocycles. The summed E-state index contributed by atoms with van der Waals surface area (Å²) in [5, 5.41) is 13.4. The summed E-state index contributed by atoms with van der Waals surface area (Å²) in [6, 6.07) is 4.00. The fourth-order valence-electron chi connectivity index (χ4n) is 1.52. The Kier molecular flexibility index (Phi) is 5.53. The Morgan fingerprint density at radius 1 is 1.26 bits per heavy atom. The van der Waals surface area contributed by atoms with Crippen molar-refractivity contribution < 1.29 is 18.3 Å². The average Bonchev–Trinajstić information content (AvgIpc) is 2.44. The molecule has 4 nitrogen and oxygen atoms in total. The van der Waals surface area contributed by atoms with Gasteiger partial charge in [-0.25, -0.2) is 4.98 Å². The molecule has 2 rings (SSSR count). The highest BCUT2D eigenvalue weighted by molar-refractivity contribution is 9.11. The van der Waals surface area contributed by atoms with Crippen molar-refractivity contribution in [2.75, 3.05) is 5.43 Å². The number of nitrogens with zero attached hydrogens (tertiary/aromatic N) is 2. The van der Waals surface area contributed by atoms with E-state index in [1.54, 1.807) is 12.1 Å². The third-order valence-corrected chi connectivity index (χ3v) is 3.95. The van der Waals surface area contributed by atoms with Crippen LogP contribution < -0.4 is 5.43 Å². The molecule has 1 heterocycles. The standard InChI is InChI=1S/C13H7Br2ClF3N3O/c14-8-1-6(11(23)9(15)3-8)4-21-22-12-10(16)2-7(5-20-12)13(17,18)19/h1-5,23H,(H,20,22)/b21-4-. The predicted molar refractivity (Wildman–Crippen MR) is 89.0 cm³/mol. The lowest BCUT2D eigenvalue weighted by Gasteiger charge is -2.08. The maximum atomic E-state index is 12.5. The minimum atomic E-state index is -4.52. The van der Waals surface area contributed by atoms with Gasteiger partial charge in [-0.2, -0.15) is 18.3 Å². The second-order valence-corrected chi connectivity index (χ2v) is 6.42. The predicted octanol–water partition coefficient (Wildman–Crippen LogP) is 5.43. The monoisotopic (exact) mass is 471 g/mol.